The van der Waals surface area contributed by atoms with E-state index in [0.29, 0.717) is 11.6 Å². The van der Waals surface area contributed by atoms with Crippen molar-refractivity contribution in [1.29, 1.82) is 5.41 Å². The lowest BCUT2D eigenvalue weighted by molar-refractivity contribution is 0.0828. The van der Waals surface area contributed by atoms with E-state index in [2.05, 4.69) is 6.58 Å². The molecule has 2 heteroatoms. The molecule has 0 aromatic heterocycles. The Morgan fingerprint density at radius 1 is 1.50 bits per heavy atom. The SMILES string of the molecule is C=CC(=N)C1CCOCC1. The Morgan fingerprint density at radius 3 is 2.60 bits per heavy atom. The Labute approximate surface area is 61.4 Å². The van der Waals surface area contributed by atoms with Gasteiger partial charge in [0.1, 0.15) is 0 Å². The fourth-order valence-corrected chi connectivity index (χ4v) is 1.18. The van der Waals surface area contributed by atoms with Crippen molar-refractivity contribution < 1.29 is 4.74 Å². The third kappa shape index (κ3) is 1.67. The third-order valence-corrected chi connectivity index (χ3v) is 1.88. The lowest BCUT2D eigenvalue weighted by Crippen LogP contribution is -2.21. The van der Waals surface area contributed by atoms with Crippen molar-refractivity contribution in [3.8, 4) is 0 Å². The molecular weight excluding hydrogens is 126 g/mol. The molecule has 1 rings (SSSR count). The summed E-state index contributed by atoms with van der Waals surface area (Å²) in [6.45, 7) is 5.18. The molecule has 1 fully saturated rings. The van der Waals surface area contributed by atoms with Crippen LogP contribution in [0.15, 0.2) is 12.7 Å². The molecule has 0 aromatic carbocycles. The van der Waals surface area contributed by atoms with E-state index in [4.69, 9.17) is 10.1 Å². The van der Waals surface area contributed by atoms with Gasteiger partial charge in [-0.3, -0.25) is 0 Å². The summed E-state index contributed by atoms with van der Waals surface area (Å²) in [4.78, 5) is 0. The normalized spacial score (nSPS) is 20.4. The van der Waals surface area contributed by atoms with Gasteiger partial charge in [-0.15, -0.1) is 0 Å². The summed E-state index contributed by atoms with van der Waals surface area (Å²) in [7, 11) is 0. The number of hydrogen-bond donors (Lipinski definition) is 1. The van der Waals surface area contributed by atoms with Crippen LogP contribution in [0.5, 0.6) is 0 Å². The molecule has 1 aliphatic heterocycles. The first-order chi connectivity index (χ1) is 4.84. The summed E-state index contributed by atoms with van der Waals surface area (Å²) < 4.78 is 5.16. The monoisotopic (exact) mass is 139 g/mol. The van der Waals surface area contributed by atoms with Crippen LogP contribution < -0.4 is 0 Å². The average Bonchev–Trinajstić information content (AvgIpc) is 2.05. The molecule has 0 aromatic rings. The van der Waals surface area contributed by atoms with Crippen molar-refractivity contribution in [3.05, 3.63) is 12.7 Å². The summed E-state index contributed by atoms with van der Waals surface area (Å²) in [5, 5.41) is 7.46. The molecule has 1 saturated heterocycles. The van der Waals surface area contributed by atoms with E-state index in [1.165, 1.54) is 0 Å². The second-order valence-corrected chi connectivity index (χ2v) is 2.55. The maximum atomic E-state index is 7.46. The van der Waals surface area contributed by atoms with Crippen LogP contribution in [0.1, 0.15) is 12.8 Å². The third-order valence-electron chi connectivity index (χ3n) is 1.88. The van der Waals surface area contributed by atoms with Crippen LogP contribution in [0.2, 0.25) is 0 Å². The highest BCUT2D eigenvalue weighted by molar-refractivity contribution is 5.93. The van der Waals surface area contributed by atoms with Crippen molar-refractivity contribution in [1.82, 2.24) is 0 Å². The van der Waals surface area contributed by atoms with Gasteiger partial charge in [-0.1, -0.05) is 6.58 Å². The van der Waals surface area contributed by atoms with Crippen molar-refractivity contribution in [2.75, 3.05) is 13.2 Å². The first-order valence-corrected chi connectivity index (χ1v) is 3.63. The lowest BCUT2D eigenvalue weighted by atomic mass is 9.95. The highest BCUT2D eigenvalue weighted by atomic mass is 16.5. The molecule has 0 saturated carbocycles. The van der Waals surface area contributed by atoms with E-state index in [-0.39, 0.29) is 0 Å². The van der Waals surface area contributed by atoms with Gasteiger partial charge in [0.2, 0.25) is 0 Å². The van der Waals surface area contributed by atoms with Gasteiger partial charge < -0.3 is 10.1 Å². The number of nitrogens with one attached hydrogen (secondary N) is 1. The van der Waals surface area contributed by atoms with E-state index < -0.39 is 0 Å². The first kappa shape index (κ1) is 7.48. The molecule has 0 aliphatic carbocycles. The van der Waals surface area contributed by atoms with Gasteiger partial charge in [0.15, 0.2) is 0 Å². The van der Waals surface area contributed by atoms with E-state index in [1.54, 1.807) is 6.08 Å². The number of allylic oxidation sites excluding steroid dienone is 1. The molecule has 1 heterocycles. The Hall–Kier alpha value is -0.630. The Bertz CT molecular complexity index is 136. The van der Waals surface area contributed by atoms with Crippen LogP contribution in [0.4, 0.5) is 0 Å². The highest BCUT2D eigenvalue weighted by Crippen LogP contribution is 2.15. The molecule has 0 amide bonds. The summed E-state index contributed by atoms with van der Waals surface area (Å²) >= 11 is 0. The van der Waals surface area contributed by atoms with Crippen LogP contribution in [-0.4, -0.2) is 18.9 Å². The van der Waals surface area contributed by atoms with Crippen LogP contribution in [0.25, 0.3) is 0 Å². The Morgan fingerprint density at radius 2 is 2.10 bits per heavy atom. The predicted octanol–water partition coefficient (Wildman–Crippen LogP) is 1.62. The van der Waals surface area contributed by atoms with E-state index in [9.17, 15) is 0 Å². The summed E-state index contributed by atoms with van der Waals surface area (Å²) in [6, 6.07) is 0. The van der Waals surface area contributed by atoms with Crippen LogP contribution in [-0.2, 0) is 4.74 Å². The lowest BCUT2D eigenvalue weighted by Gasteiger charge is -2.20. The fourth-order valence-electron chi connectivity index (χ4n) is 1.18. The maximum absolute atomic E-state index is 7.46. The molecular formula is C8H13NO. The van der Waals surface area contributed by atoms with E-state index in [0.717, 1.165) is 26.1 Å². The summed E-state index contributed by atoms with van der Waals surface area (Å²) in [5.41, 5.74) is 0.670. The summed E-state index contributed by atoms with van der Waals surface area (Å²) in [6.07, 6.45) is 3.62. The number of hydrogen-bond acceptors (Lipinski definition) is 2. The van der Waals surface area contributed by atoms with Crippen molar-refractivity contribution in [2.24, 2.45) is 5.92 Å². The standard InChI is InChI=1S/C8H13NO/c1-2-8(9)7-3-5-10-6-4-7/h2,7,9H,1,3-6H2. The number of rotatable bonds is 2. The fraction of sp³-hybridized carbons (Fsp3) is 0.625. The molecule has 1 N–H and O–H groups in total. The minimum atomic E-state index is 0.409. The van der Waals surface area contributed by atoms with Crippen LogP contribution in [0, 0.1) is 11.3 Å². The Balaban J connectivity index is 2.38. The molecule has 0 spiro atoms. The summed E-state index contributed by atoms with van der Waals surface area (Å²) in [5.74, 6) is 0.409. The van der Waals surface area contributed by atoms with Gasteiger partial charge in [0.25, 0.3) is 0 Å². The van der Waals surface area contributed by atoms with Crippen molar-refractivity contribution in [2.45, 2.75) is 12.8 Å². The minimum absolute atomic E-state index is 0.409. The zero-order chi connectivity index (χ0) is 7.40. The van der Waals surface area contributed by atoms with Gasteiger partial charge in [-0.25, -0.2) is 0 Å². The van der Waals surface area contributed by atoms with Gasteiger partial charge in [-0.05, 0) is 18.9 Å². The quantitative estimate of drug-likeness (QED) is 0.579. The molecule has 0 radical (unpaired) electrons. The van der Waals surface area contributed by atoms with Gasteiger partial charge >= 0.3 is 0 Å². The zero-order valence-electron chi connectivity index (χ0n) is 6.10. The van der Waals surface area contributed by atoms with Gasteiger partial charge in [0, 0.05) is 24.8 Å². The first-order valence-electron chi connectivity index (χ1n) is 3.63. The molecule has 0 bridgehead atoms. The topological polar surface area (TPSA) is 33.1 Å². The van der Waals surface area contributed by atoms with Crippen LogP contribution in [0.3, 0.4) is 0 Å². The maximum Gasteiger partial charge on any atom is 0.0472 e. The molecule has 56 valence electrons. The van der Waals surface area contributed by atoms with E-state index >= 15 is 0 Å². The second kappa shape index (κ2) is 3.52. The van der Waals surface area contributed by atoms with Gasteiger partial charge in [0.05, 0.1) is 0 Å². The molecule has 1 aliphatic rings. The highest BCUT2D eigenvalue weighted by Gasteiger charge is 2.15. The largest absolute Gasteiger partial charge is 0.381 e. The predicted molar refractivity (Wildman–Crippen MR) is 41.5 cm³/mol. The average molecular weight is 139 g/mol. The molecule has 0 unspecified atom stereocenters. The van der Waals surface area contributed by atoms with Gasteiger partial charge in [-0.2, -0.15) is 0 Å². The van der Waals surface area contributed by atoms with Crippen molar-refractivity contribution >= 4 is 5.71 Å². The van der Waals surface area contributed by atoms with Crippen molar-refractivity contribution in [3.63, 3.8) is 0 Å². The van der Waals surface area contributed by atoms with Crippen LogP contribution >= 0.6 is 0 Å². The second-order valence-electron chi connectivity index (χ2n) is 2.55. The Kier molecular flexibility index (Phi) is 2.63. The zero-order valence-corrected chi connectivity index (χ0v) is 6.10. The molecule has 10 heavy (non-hydrogen) atoms. The smallest absolute Gasteiger partial charge is 0.0472 e. The minimum Gasteiger partial charge on any atom is -0.381 e. The van der Waals surface area contributed by atoms with E-state index in [1.807, 2.05) is 0 Å². The molecule has 2 nitrogen and oxygen atoms in total. The number of ether oxygens (including phenoxy) is 1. The molecule has 0 atom stereocenters.